The largest absolute Gasteiger partial charge is 0.494 e. The predicted octanol–water partition coefficient (Wildman–Crippen LogP) is 2.15. The van der Waals surface area contributed by atoms with Crippen molar-refractivity contribution in [3.05, 3.63) is 30.1 Å². The van der Waals surface area contributed by atoms with Crippen LogP contribution in [0.4, 0.5) is 9.18 Å². The third-order valence-electron chi connectivity index (χ3n) is 3.78. The SMILES string of the molecule is O=C(NCCCCOc1ccc(F)cc1)N1CCCC1CO. The topological polar surface area (TPSA) is 61.8 Å². The Kier molecular flexibility index (Phi) is 6.45. The summed E-state index contributed by atoms with van der Waals surface area (Å²) in [6.45, 7) is 1.86. The molecular weight excluding hydrogens is 287 g/mol. The number of benzene rings is 1. The lowest BCUT2D eigenvalue weighted by Crippen LogP contribution is -2.44. The average Bonchev–Trinajstić information content (AvgIpc) is 3.01. The number of carbonyl (C=O) groups excluding carboxylic acids is 1. The Bertz CT molecular complexity index is 467. The van der Waals surface area contributed by atoms with Crippen LogP contribution in [0, 0.1) is 5.82 Å². The number of amides is 2. The standard InChI is InChI=1S/C16H23FN2O3/c17-13-5-7-15(8-6-13)22-11-2-1-9-18-16(21)19-10-3-4-14(19)12-20/h5-8,14,20H,1-4,9-12H2,(H,18,21). The van der Waals surface area contributed by atoms with E-state index in [0.29, 0.717) is 25.4 Å². The van der Waals surface area contributed by atoms with Crippen LogP contribution < -0.4 is 10.1 Å². The van der Waals surface area contributed by atoms with Gasteiger partial charge >= 0.3 is 6.03 Å². The molecule has 2 amide bonds. The van der Waals surface area contributed by atoms with Gasteiger partial charge in [-0.25, -0.2) is 9.18 Å². The van der Waals surface area contributed by atoms with Gasteiger partial charge in [-0.05, 0) is 49.9 Å². The van der Waals surface area contributed by atoms with Crippen molar-refractivity contribution in [2.24, 2.45) is 0 Å². The smallest absolute Gasteiger partial charge is 0.317 e. The van der Waals surface area contributed by atoms with E-state index in [-0.39, 0.29) is 24.5 Å². The highest BCUT2D eigenvalue weighted by Crippen LogP contribution is 2.16. The van der Waals surface area contributed by atoms with E-state index >= 15 is 0 Å². The summed E-state index contributed by atoms with van der Waals surface area (Å²) in [6.07, 6.45) is 3.44. The van der Waals surface area contributed by atoms with Gasteiger partial charge in [0, 0.05) is 13.1 Å². The van der Waals surface area contributed by atoms with Crippen LogP contribution in [0.15, 0.2) is 24.3 Å². The van der Waals surface area contributed by atoms with Crippen molar-refractivity contribution >= 4 is 6.03 Å². The quantitative estimate of drug-likeness (QED) is 0.759. The van der Waals surface area contributed by atoms with Crippen LogP contribution in [0.1, 0.15) is 25.7 Å². The Morgan fingerprint density at radius 3 is 2.86 bits per heavy atom. The molecule has 1 fully saturated rings. The van der Waals surface area contributed by atoms with Gasteiger partial charge in [0.15, 0.2) is 0 Å². The molecule has 1 heterocycles. The van der Waals surface area contributed by atoms with Crippen molar-refractivity contribution < 1.29 is 19.0 Å². The minimum atomic E-state index is -0.279. The maximum atomic E-state index is 12.7. The van der Waals surface area contributed by atoms with Crippen molar-refractivity contribution in [2.45, 2.75) is 31.7 Å². The number of likely N-dealkylation sites (tertiary alicyclic amines) is 1. The maximum Gasteiger partial charge on any atom is 0.317 e. The molecule has 5 nitrogen and oxygen atoms in total. The van der Waals surface area contributed by atoms with E-state index in [9.17, 15) is 14.3 Å². The van der Waals surface area contributed by atoms with Crippen molar-refractivity contribution in [1.29, 1.82) is 0 Å². The fraction of sp³-hybridized carbons (Fsp3) is 0.562. The molecular formula is C16H23FN2O3. The van der Waals surface area contributed by atoms with E-state index < -0.39 is 0 Å². The highest BCUT2D eigenvalue weighted by molar-refractivity contribution is 5.74. The van der Waals surface area contributed by atoms with Gasteiger partial charge in [0.05, 0.1) is 19.3 Å². The van der Waals surface area contributed by atoms with E-state index in [1.54, 1.807) is 17.0 Å². The summed E-state index contributed by atoms with van der Waals surface area (Å²) in [6, 6.07) is 5.78. The summed E-state index contributed by atoms with van der Waals surface area (Å²) in [5, 5.41) is 12.1. The lowest BCUT2D eigenvalue weighted by Gasteiger charge is -2.23. The van der Waals surface area contributed by atoms with E-state index in [1.165, 1.54) is 12.1 Å². The minimum absolute atomic E-state index is 0.0267. The lowest BCUT2D eigenvalue weighted by atomic mass is 10.2. The van der Waals surface area contributed by atoms with Gasteiger partial charge in [-0.3, -0.25) is 0 Å². The first-order chi connectivity index (χ1) is 10.7. The molecule has 22 heavy (non-hydrogen) atoms. The summed E-state index contributed by atoms with van der Waals surface area (Å²) in [5.74, 6) is 0.367. The van der Waals surface area contributed by atoms with Crippen molar-refractivity contribution in [1.82, 2.24) is 10.2 Å². The summed E-state index contributed by atoms with van der Waals surface area (Å²) in [5.41, 5.74) is 0. The van der Waals surface area contributed by atoms with Gasteiger partial charge in [-0.15, -0.1) is 0 Å². The molecule has 1 aliphatic rings. The molecule has 0 spiro atoms. The van der Waals surface area contributed by atoms with Crippen LogP contribution in [0.2, 0.25) is 0 Å². The molecule has 1 unspecified atom stereocenters. The molecule has 6 heteroatoms. The zero-order valence-electron chi connectivity index (χ0n) is 12.6. The molecule has 0 bridgehead atoms. The Morgan fingerprint density at radius 2 is 2.14 bits per heavy atom. The third kappa shape index (κ3) is 4.87. The average molecular weight is 310 g/mol. The highest BCUT2D eigenvalue weighted by Gasteiger charge is 2.27. The normalized spacial score (nSPS) is 17.5. The first kappa shape index (κ1) is 16.5. The number of nitrogens with zero attached hydrogens (tertiary/aromatic N) is 1. The molecule has 0 radical (unpaired) electrons. The number of ether oxygens (including phenoxy) is 1. The number of halogens is 1. The van der Waals surface area contributed by atoms with Crippen LogP contribution in [-0.4, -0.2) is 48.4 Å². The molecule has 1 aromatic carbocycles. The first-order valence-corrected chi connectivity index (χ1v) is 7.74. The first-order valence-electron chi connectivity index (χ1n) is 7.74. The molecule has 1 aliphatic heterocycles. The van der Waals surface area contributed by atoms with Gasteiger partial charge in [-0.1, -0.05) is 0 Å². The number of rotatable bonds is 7. The predicted molar refractivity (Wildman–Crippen MR) is 81.3 cm³/mol. The second kappa shape index (κ2) is 8.58. The number of aliphatic hydroxyl groups is 1. The summed E-state index contributed by atoms with van der Waals surface area (Å²) >= 11 is 0. The van der Waals surface area contributed by atoms with Gasteiger partial charge in [0.25, 0.3) is 0 Å². The van der Waals surface area contributed by atoms with Crippen LogP contribution in [-0.2, 0) is 0 Å². The number of urea groups is 1. The molecule has 1 atom stereocenters. The van der Waals surface area contributed by atoms with Crippen molar-refractivity contribution in [2.75, 3.05) is 26.3 Å². The second-order valence-corrected chi connectivity index (χ2v) is 5.41. The number of carbonyl (C=O) groups is 1. The number of aliphatic hydroxyl groups excluding tert-OH is 1. The molecule has 0 saturated carbocycles. The number of hydrogen-bond donors (Lipinski definition) is 2. The highest BCUT2D eigenvalue weighted by atomic mass is 19.1. The monoisotopic (exact) mass is 310 g/mol. The summed E-state index contributed by atoms with van der Waals surface area (Å²) in [7, 11) is 0. The number of hydrogen-bond acceptors (Lipinski definition) is 3. The van der Waals surface area contributed by atoms with Gasteiger partial charge in [0.1, 0.15) is 11.6 Å². The van der Waals surface area contributed by atoms with Gasteiger partial charge in [0.2, 0.25) is 0 Å². The summed E-state index contributed by atoms with van der Waals surface area (Å²) < 4.78 is 18.2. The zero-order valence-corrected chi connectivity index (χ0v) is 12.6. The molecule has 0 aliphatic carbocycles. The third-order valence-corrected chi connectivity index (χ3v) is 3.78. The fourth-order valence-corrected chi connectivity index (χ4v) is 2.54. The summed E-state index contributed by atoms with van der Waals surface area (Å²) in [4.78, 5) is 13.6. The van der Waals surface area contributed by atoms with Crippen LogP contribution in [0.25, 0.3) is 0 Å². The van der Waals surface area contributed by atoms with E-state index in [1.807, 2.05) is 0 Å². The fourth-order valence-electron chi connectivity index (χ4n) is 2.54. The van der Waals surface area contributed by atoms with Crippen molar-refractivity contribution in [3.63, 3.8) is 0 Å². The maximum absolute atomic E-state index is 12.7. The molecule has 2 rings (SSSR count). The van der Waals surface area contributed by atoms with E-state index in [0.717, 1.165) is 25.7 Å². The van der Waals surface area contributed by atoms with Gasteiger partial charge in [-0.2, -0.15) is 0 Å². The van der Waals surface area contributed by atoms with Gasteiger partial charge < -0.3 is 20.1 Å². The lowest BCUT2D eigenvalue weighted by molar-refractivity contribution is 0.157. The number of nitrogens with one attached hydrogen (secondary N) is 1. The van der Waals surface area contributed by atoms with Crippen LogP contribution in [0.3, 0.4) is 0 Å². The Balaban J connectivity index is 1.55. The number of unbranched alkanes of at least 4 members (excludes halogenated alkanes) is 1. The molecule has 1 aromatic rings. The van der Waals surface area contributed by atoms with Crippen LogP contribution in [0.5, 0.6) is 5.75 Å². The Hall–Kier alpha value is -1.82. The zero-order chi connectivity index (χ0) is 15.8. The molecule has 122 valence electrons. The van der Waals surface area contributed by atoms with E-state index in [2.05, 4.69) is 5.32 Å². The second-order valence-electron chi connectivity index (χ2n) is 5.41. The Labute approximate surface area is 130 Å². The molecule has 0 aromatic heterocycles. The molecule has 1 saturated heterocycles. The van der Waals surface area contributed by atoms with Crippen molar-refractivity contribution in [3.8, 4) is 5.75 Å². The van der Waals surface area contributed by atoms with E-state index in [4.69, 9.17) is 4.74 Å². The minimum Gasteiger partial charge on any atom is -0.494 e. The Morgan fingerprint density at radius 1 is 1.36 bits per heavy atom. The van der Waals surface area contributed by atoms with Crippen LogP contribution >= 0.6 is 0 Å². The molecule has 2 N–H and O–H groups in total.